The van der Waals surface area contributed by atoms with Crippen LogP contribution in [0.2, 0.25) is 0 Å². The molecule has 7 heteroatoms. The van der Waals surface area contributed by atoms with Gasteiger partial charge in [-0.1, -0.05) is 0 Å². The van der Waals surface area contributed by atoms with E-state index >= 15 is 0 Å². The number of ketones is 1. The molecule has 0 atom stereocenters. The Hall–Kier alpha value is -2.67. The van der Waals surface area contributed by atoms with Gasteiger partial charge in [0.15, 0.2) is 10.8 Å². The number of aliphatic carboxylic acids is 1. The lowest BCUT2D eigenvalue weighted by Gasteiger charge is -2.29. The molecule has 0 fully saturated rings. The van der Waals surface area contributed by atoms with Crippen LogP contribution >= 0.6 is 11.8 Å². The number of carbonyl (C=O) groups is 2. The van der Waals surface area contributed by atoms with Crippen molar-refractivity contribution >= 4 is 34.9 Å². The molecule has 0 aliphatic carbocycles. The largest absolute Gasteiger partial charge is 0.496 e. The fourth-order valence-corrected chi connectivity index (χ4v) is 4.44. The van der Waals surface area contributed by atoms with Gasteiger partial charge in [0, 0.05) is 16.9 Å². The van der Waals surface area contributed by atoms with Crippen LogP contribution in [-0.4, -0.2) is 29.0 Å². The van der Waals surface area contributed by atoms with E-state index in [9.17, 15) is 14.7 Å². The first kappa shape index (κ1) is 20.1. The Morgan fingerprint density at radius 1 is 1.11 bits per heavy atom. The molecular formula is C21H24N2O4S. The standard InChI is InChI=1S/C21H24N2O4S/c1-12-7-17-18(8-13(12)2)23-21(22-17,10-20(25)26)28-11-16-9-15(14(3)24)5-6-19(16)27-4/h5-9,22-23H,10-11H2,1-4H3,(H,25,26). The predicted molar refractivity (Wildman–Crippen MR) is 112 cm³/mol. The zero-order valence-electron chi connectivity index (χ0n) is 16.4. The van der Waals surface area contributed by atoms with Gasteiger partial charge in [-0.3, -0.25) is 9.59 Å². The second kappa shape index (κ2) is 7.75. The van der Waals surface area contributed by atoms with Crippen molar-refractivity contribution in [2.45, 2.75) is 37.9 Å². The summed E-state index contributed by atoms with van der Waals surface area (Å²) >= 11 is 1.44. The lowest BCUT2D eigenvalue weighted by Crippen LogP contribution is -2.40. The van der Waals surface area contributed by atoms with Crippen LogP contribution in [0.3, 0.4) is 0 Å². The van der Waals surface area contributed by atoms with Crippen molar-refractivity contribution in [3.05, 3.63) is 52.6 Å². The van der Waals surface area contributed by atoms with E-state index < -0.39 is 11.0 Å². The number of nitrogens with one attached hydrogen (secondary N) is 2. The minimum Gasteiger partial charge on any atom is -0.496 e. The van der Waals surface area contributed by atoms with Gasteiger partial charge < -0.3 is 20.5 Å². The van der Waals surface area contributed by atoms with Gasteiger partial charge in [0.1, 0.15) is 5.75 Å². The van der Waals surface area contributed by atoms with Gasteiger partial charge in [-0.2, -0.15) is 0 Å². The summed E-state index contributed by atoms with van der Waals surface area (Å²) in [6.07, 6.45) is -0.112. The van der Waals surface area contributed by atoms with Gasteiger partial charge in [0.25, 0.3) is 0 Å². The maximum atomic E-state index is 11.7. The van der Waals surface area contributed by atoms with Crippen molar-refractivity contribution in [3.8, 4) is 5.75 Å². The number of rotatable bonds is 7. The van der Waals surface area contributed by atoms with Gasteiger partial charge in [0.2, 0.25) is 0 Å². The number of hydrogen-bond acceptors (Lipinski definition) is 6. The van der Waals surface area contributed by atoms with E-state index in [0.29, 0.717) is 17.1 Å². The summed E-state index contributed by atoms with van der Waals surface area (Å²) in [4.78, 5) is 22.4. The number of Topliss-reactive ketones (excluding diaryl/α,β-unsaturated/α-hetero) is 1. The molecule has 1 aliphatic rings. The minimum atomic E-state index is -0.904. The smallest absolute Gasteiger partial charge is 0.308 e. The second-order valence-electron chi connectivity index (χ2n) is 7.00. The highest BCUT2D eigenvalue weighted by Gasteiger charge is 2.39. The minimum absolute atomic E-state index is 0.0235. The number of methoxy groups -OCH3 is 1. The number of carboxylic acid groups (broad SMARTS) is 1. The zero-order chi connectivity index (χ0) is 20.5. The van der Waals surface area contributed by atoms with Crippen molar-refractivity contribution in [3.63, 3.8) is 0 Å². The predicted octanol–water partition coefficient (Wildman–Crippen LogP) is 4.41. The molecule has 28 heavy (non-hydrogen) atoms. The zero-order valence-corrected chi connectivity index (χ0v) is 17.2. The number of carboxylic acids is 1. The third-order valence-electron chi connectivity index (χ3n) is 4.87. The molecule has 0 radical (unpaired) electrons. The molecule has 0 spiro atoms. The average molecular weight is 401 g/mol. The van der Waals surface area contributed by atoms with Crippen LogP contribution in [0.4, 0.5) is 11.4 Å². The lowest BCUT2D eigenvalue weighted by atomic mass is 10.1. The monoisotopic (exact) mass is 400 g/mol. The molecular weight excluding hydrogens is 376 g/mol. The average Bonchev–Trinajstić information content (AvgIpc) is 2.96. The maximum absolute atomic E-state index is 11.7. The van der Waals surface area contributed by atoms with Crippen LogP contribution < -0.4 is 15.4 Å². The molecule has 2 aromatic rings. The summed E-state index contributed by atoms with van der Waals surface area (Å²) in [7, 11) is 1.58. The van der Waals surface area contributed by atoms with Gasteiger partial charge in [0.05, 0.1) is 24.9 Å². The van der Waals surface area contributed by atoms with Crippen LogP contribution in [0.15, 0.2) is 30.3 Å². The SMILES string of the molecule is COc1ccc(C(C)=O)cc1CSC1(CC(=O)O)Nc2cc(C)c(C)cc2N1. The Morgan fingerprint density at radius 3 is 2.21 bits per heavy atom. The van der Waals surface area contributed by atoms with Crippen molar-refractivity contribution in [2.24, 2.45) is 0 Å². The van der Waals surface area contributed by atoms with Crippen LogP contribution in [0, 0.1) is 13.8 Å². The molecule has 3 rings (SSSR count). The van der Waals surface area contributed by atoms with E-state index in [-0.39, 0.29) is 12.2 Å². The lowest BCUT2D eigenvalue weighted by molar-refractivity contribution is -0.137. The van der Waals surface area contributed by atoms with Crippen molar-refractivity contribution < 1.29 is 19.4 Å². The molecule has 1 heterocycles. The van der Waals surface area contributed by atoms with Crippen molar-refractivity contribution in [1.82, 2.24) is 0 Å². The number of anilines is 2. The molecule has 3 N–H and O–H groups in total. The van der Waals surface area contributed by atoms with E-state index in [4.69, 9.17) is 4.74 Å². The molecule has 2 aromatic carbocycles. The highest BCUT2D eigenvalue weighted by Crippen LogP contribution is 2.44. The normalized spacial score (nSPS) is 14.0. The number of hydrogen-bond donors (Lipinski definition) is 3. The number of benzene rings is 2. The van der Waals surface area contributed by atoms with Crippen LogP contribution in [0.1, 0.15) is 40.4 Å². The van der Waals surface area contributed by atoms with E-state index in [1.54, 1.807) is 25.3 Å². The van der Waals surface area contributed by atoms with Gasteiger partial charge in [-0.05, 0) is 62.2 Å². The Bertz CT molecular complexity index is 911. The third kappa shape index (κ3) is 4.09. The summed E-state index contributed by atoms with van der Waals surface area (Å²) in [5.41, 5.74) is 5.50. The molecule has 0 unspecified atom stereocenters. The summed E-state index contributed by atoms with van der Waals surface area (Å²) in [6, 6.07) is 9.36. The Balaban J connectivity index is 1.88. The van der Waals surface area contributed by atoms with E-state index in [1.807, 2.05) is 26.0 Å². The third-order valence-corrected chi connectivity index (χ3v) is 6.16. The van der Waals surface area contributed by atoms with E-state index in [0.717, 1.165) is 28.1 Å². The Morgan fingerprint density at radius 2 is 1.71 bits per heavy atom. The number of thioether (sulfide) groups is 1. The maximum Gasteiger partial charge on any atom is 0.308 e. The number of carbonyl (C=O) groups excluding carboxylic acids is 1. The molecule has 0 amide bonds. The topological polar surface area (TPSA) is 87.7 Å². The first-order valence-corrected chi connectivity index (χ1v) is 9.93. The summed E-state index contributed by atoms with van der Waals surface area (Å²) < 4.78 is 5.42. The van der Waals surface area contributed by atoms with Gasteiger partial charge in [-0.25, -0.2) is 0 Å². The summed E-state index contributed by atoms with van der Waals surface area (Å²) in [6.45, 7) is 5.57. The Kier molecular flexibility index (Phi) is 5.56. The fraction of sp³-hybridized carbons (Fsp3) is 0.333. The molecule has 1 aliphatic heterocycles. The molecule has 148 valence electrons. The molecule has 0 bridgehead atoms. The molecule has 0 saturated heterocycles. The summed E-state index contributed by atoms with van der Waals surface area (Å²) in [5, 5.41) is 16.2. The van der Waals surface area contributed by atoms with Crippen LogP contribution in [0.25, 0.3) is 0 Å². The van der Waals surface area contributed by atoms with Crippen LogP contribution in [0.5, 0.6) is 5.75 Å². The highest BCUT2D eigenvalue weighted by molar-refractivity contribution is 8.00. The number of aryl methyl sites for hydroxylation is 2. The molecule has 6 nitrogen and oxygen atoms in total. The summed E-state index contributed by atoms with van der Waals surface area (Å²) in [5.74, 6) is 0.219. The van der Waals surface area contributed by atoms with E-state index in [2.05, 4.69) is 10.6 Å². The van der Waals surface area contributed by atoms with E-state index in [1.165, 1.54) is 18.7 Å². The Labute approximate surface area is 168 Å². The number of ether oxygens (including phenoxy) is 1. The molecule has 0 saturated carbocycles. The number of fused-ring (bicyclic) bond motifs is 1. The second-order valence-corrected chi connectivity index (χ2v) is 8.28. The van der Waals surface area contributed by atoms with Crippen molar-refractivity contribution in [1.29, 1.82) is 0 Å². The highest BCUT2D eigenvalue weighted by atomic mass is 32.2. The molecule has 0 aromatic heterocycles. The van der Waals surface area contributed by atoms with Crippen LogP contribution in [-0.2, 0) is 10.5 Å². The first-order chi connectivity index (χ1) is 13.2. The van der Waals surface area contributed by atoms with Gasteiger partial charge >= 0.3 is 5.97 Å². The van der Waals surface area contributed by atoms with Gasteiger partial charge in [-0.15, -0.1) is 11.8 Å². The van der Waals surface area contributed by atoms with Crippen molar-refractivity contribution in [2.75, 3.05) is 17.7 Å². The quantitative estimate of drug-likeness (QED) is 0.593. The fourth-order valence-electron chi connectivity index (χ4n) is 3.23. The first-order valence-electron chi connectivity index (χ1n) is 8.94.